The second-order valence-corrected chi connectivity index (χ2v) is 6.14. The predicted molar refractivity (Wildman–Crippen MR) is 74.4 cm³/mol. The molecule has 0 radical (unpaired) electrons. The van der Waals surface area contributed by atoms with E-state index in [9.17, 15) is 4.79 Å². The van der Waals surface area contributed by atoms with Gasteiger partial charge in [0.2, 0.25) is 5.91 Å². The Bertz CT molecular complexity index is 420. The summed E-state index contributed by atoms with van der Waals surface area (Å²) in [5.74, 6) is -0.118. The molecular weight excluding hydrogens is 252 g/mol. The van der Waals surface area contributed by atoms with Crippen LogP contribution in [0.2, 0.25) is 0 Å². The van der Waals surface area contributed by atoms with Crippen LogP contribution in [-0.2, 0) is 4.79 Å². The van der Waals surface area contributed by atoms with Crippen molar-refractivity contribution in [2.24, 2.45) is 0 Å². The minimum absolute atomic E-state index is 0.0257. The van der Waals surface area contributed by atoms with Crippen LogP contribution in [0.3, 0.4) is 0 Å². The molecule has 1 N–H and O–H groups in total. The Hall–Kier alpha value is -1.59. The minimum atomic E-state index is -0.437. The number of nitriles is 2. The zero-order valence-corrected chi connectivity index (χ0v) is 12.1. The first-order valence-electron chi connectivity index (χ1n) is 7.45. The van der Waals surface area contributed by atoms with Gasteiger partial charge in [0, 0.05) is 5.54 Å². The van der Waals surface area contributed by atoms with E-state index in [0.717, 1.165) is 12.8 Å². The molecule has 5 nitrogen and oxygen atoms in total. The van der Waals surface area contributed by atoms with E-state index < -0.39 is 12.1 Å². The van der Waals surface area contributed by atoms with Crippen molar-refractivity contribution in [3.63, 3.8) is 0 Å². The van der Waals surface area contributed by atoms with E-state index in [1.807, 2.05) is 0 Å². The third-order valence-corrected chi connectivity index (χ3v) is 4.59. The molecule has 1 amide bonds. The zero-order valence-electron chi connectivity index (χ0n) is 12.1. The van der Waals surface area contributed by atoms with Gasteiger partial charge in [-0.2, -0.15) is 10.5 Å². The summed E-state index contributed by atoms with van der Waals surface area (Å²) in [6, 6.07) is 3.39. The van der Waals surface area contributed by atoms with E-state index in [0.29, 0.717) is 12.8 Å². The molecule has 1 aliphatic heterocycles. The van der Waals surface area contributed by atoms with Gasteiger partial charge in [0.05, 0.1) is 18.7 Å². The fraction of sp³-hybridized carbons (Fsp3) is 0.800. The lowest BCUT2D eigenvalue weighted by Crippen LogP contribution is -2.51. The number of carbonyl (C=O) groups is 1. The maximum Gasteiger partial charge on any atom is 0.238 e. The average Bonchev–Trinajstić information content (AvgIpc) is 2.88. The van der Waals surface area contributed by atoms with Crippen molar-refractivity contribution in [1.29, 1.82) is 10.5 Å². The number of rotatable bonds is 3. The molecule has 1 heterocycles. The Morgan fingerprint density at radius 3 is 2.25 bits per heavy atom. The molecule has 2 aliphatic rings. The summed E-state index contributed by atoms with van der Waals surface area (Å²) in [5.41, 5.74) is 0.0257. The third-order valence-electron chi connectivity index (χ3n) is 4.59. The molecule has 2 rings (SSSR count). The molecule has 0 unspecified atom stereocenters. The van der Waals surface area contributed by atoms with Gasteiger partial charge in [-0.1, -0.05) is 19.3 Å². The molecule has 2 atom stereocenters. The first kappa shape index (κ1) is 14.8. The summed E-state index contributed by atoms with van der Waals surface area (Å²) in [6.45, 7) is 2.39. The molecule has 1 aliphatic carbocycles. The molecule has 1 saturated carbocycles. The van der Waals surface area contributed by atoms with Crippen LogP contribution in [0.1, 0.15) is 51.9 Å². The largest absolute Gasteiger partial charge is 0.310 e. The fourth-order valence-electron chi connectivity index (χ4n) is 3.30. The molecule has 5 heteroatoms. The first-order chi connectivity index (χ1) is 9.59. The fourth-order valence-corrected chi connectivity index (χ4v) is 3.30. The van der Waals surface area contributed by atoms with E-state index in [1.54, 1.807) is 0 Å². The summed E-state index contributed by atoms with van der Waals surface area (Å²) in [7, 11) is 0. The first-order valence-corrected chi connectivity index (χ1v) is 7.45. The van der Waals surface area contributed by atoms with Gasteiger partial charge < -0.3 is 10.2 Å². The van der Waals surface area contributed by atoms with Crippen molar-refractivity contribution >= 4 is 5.91 Å². The van der Waals surface area contributed by atoms with Gasteiger partial charge in [-0.25, -0.2) is 0 Å². The molecule has 0 aromatic heterocycles. The van der Waals surface area contributed by atoms with Crippen LogP contribution in [0, 0.1) is 22.7 Å². The summed E-state index contributed by atoms with van der Waals surface area (Å²) >= 11 is 0. The van der Waals surface area contributed by atoms with Crippen molar-refractivity contribution in [3.05, 3.63) is 0 Å². The lowest BCUT2D eigenvalue weighted by molar-refractivity contribution is -0.131. The van der Waals surface area contributed by atoms with Crippen molar-refractivity contribution in [3.8, 4) is 12.1 Å². The Kier molecular flexibility index (Phi) is 4.62. The van der Waals surface area contributed by atoms with E-state index >= 15 is 0 Å². The molecule has 20 heavy (non-hydrogen) atoms. The molecular formula is C15H22N4O. The van der Waals surface area contributed by atoms with Gasteiger partial charge in [0.1, 0.15) is 12.1 Å². The monoisotopic (exact) mass is 274 g/mol. The van der Waals surface area contributed by atoms with Gasteiger partial charge >= 0.3 is 0 Å². The Balaban J connectivity index is 1.94. The molecule has 1 saturated heterocycles. The maximum atomic E-state index is 12.3. The second-order valence-electron chi connectivity index (χ2n) is 6.14. The van der Waals surface area contributed by atoms with Crippen molar-refractivity contribution in [1.82, 2.24) is 10.2 Å². The highest BCUT2D eigenvalue weighted by Crippen LogP contribution is 2.28. The number of nitrogens with zero attached hydrogens (tertiary/aromatic N) is 3. The van der Waals surface area contributed by atoms with Crippen molar-refractivity contribution in [2.45, 2.75) is 69.5 Å². The third kappa shape index (κ3) is 3.11. The SMILES string of the molecule is CC1(NCC(=O)N2[C@H](C#N)CC[C@@H]2C#N)CCCCC1. The van der Waals surface area contributed by atoms with Crippen molar-refractivity contribution in [2.75, 3.05) is 6.54 Å². The van der Waals surface area contributed by atoms with Crippen molar-refractivity contribution < 1.29 is 4.79 Å². The highest BCUT2D eigenvalue weighted by atomic mass is 16.2. The normalized spacial score (nSPS) is 28.6. The van der Waals surface area contributed by atoms with E-state index in [4.69, 9.17) is 10.5 Å². The van der Waals surface area contributed by atoms with Gasteiger partial charge in [-0.3, -0.25) is 4.79 Å². The van der Waals surface area contributed by atoms with Crippen LogP contribution in [0.4, 0.5) is 0 Å². The van der Waals surface area contributed by atoms with E-state index in [2.05, 4.69) is 24.4 Å². The van der Waals surface area contributed by atoms with Gasteiger partial charge in [-0.05, 0) is 32.6 Å². The molecule has 0 bridgehead atoms. The van der Waals surface area contributed by atoms with Crippen LogP contribution in [0.15, 0.2) is 0 Å². The van der Waals surface area contributed by atoms with Crippen LogP contribution in [0.25, 0.3) is 0 Å². The Morgan fingerprint density at radius 1 is 1.20 bits per heavy atom. The molecule has 0 spiro atoms. The van der Waals surface area contributed by atoms with E-state index in [1.165, 1.54) is 24.2 Å². The zero-order chi connectivity index (χ0) is 14.6. The minimum Gasteiger partial charge on any atom is -0.310 e. The van der Waals surface area contributed by atoms with Crippen LogP contribution in [0.5, 0.6) is 0 Å². The highest BCUT2D eigenvalue weighted by Gasteiger charge is 2.37. The van der Waals surface area contributed by atoms with Gasteiger partial charge in [-0.15, -0.1) is 0 Å². The number of amides is 1. The van der Waals surface area contributed by atoms with Gasteiger partial charge in [0.25, 0.3) is 0 Å². The lowest BCUT2D eigenvalue weighted by Gasteiger charge is -2.35. The summed E-state index contributed by atoms with van der Waals surface area (Å²) in [5, 5.41) is 21.5. The smallest absolute Gasteiger partial charge is 0.238 e. The van der Waals surface area contributed by atoms with Crippen LogP contribution < -0.4 is 5.32 Å². The number of nitrogens with one attached hydrogen (secondary N) is 1. The molecule has 0 aromatic carbocycles. The quantitative estimate of drug-likeness (QED) is 0.849. The molecule has 2 fully saturated rings. The highest BCUT2D eigenvalue weighted by molar-refractivity contribution is 5.80. The number of hydrogen-bond acceptors (Lipinski definition) is 4. The summed E-state index contributed by atoms with van der Waals surface area (Å²) in [6.07, 6.45) is 7.05. The topological polar surface area (TPSA) is 79.9 Å². The number of carbonyl (C=O) groups excluding carboxylic acids is 1. The Morgan fingerprint density at radius 2 is 1.75 bits per heavy atom. The van der Waals surface area contributed by atoms with Crippen LogP contribution in [-0.4, -0.2) is 35.0 Å². The summed E-state index contributed by atoms with van der Waals surface area (Å²) in [4.78, 5) is 13.8. The lowest BCUT2D eigenvalue weighted by atomic mass is 9.83. The molecule has 108 valence electrons. The van der Waals surface area contributed by atoms with Crippen LogP contribution >= 0.6 is 0 Å². The second kappa shape index (κ2) is 6.24. The summed E-state index contributed by atoms with van der Waals surface area (Å²) < 4.78 is 0. The van der Waals surface area contributed by atoms with E-state index in [-0.39, 0.29) is 18.0 Å². The Labute approximate surface area is 120 Å². The molecule has 0 aromatic rings. The average molecular weight is 274 g/mol. The van der Waals surface area contributed by atoms with Gasteiger partial charge in [0.15, 0.2) is 0 Å². The standard InChI is InChI=1S/C15H22N4O/c1-15(7-3-2-4-8-15)18-11-14(20)19-12(9-16)5-6-13(19)10-17/h12-13,18H,2-8,11H2,1H3/t12-,13+. The number of hydrogen-bond donors (Lipinski definition) is 1. The number of likely N-dealkylation sites (tertiary alicyclic amines) is 1. The predicted octanol–water partition coefficient (Wildman–Crippen LogP) is 1.71. The maximum absolute atomic E-state index is 12.3.